The van der Waals surface area contributed by atoms with Gasteiger partial charge in [0.05, 0.1) is 0 Å². The number of likely N-dealkylation sites (tertiary alicyclic amines) is 1. The fraction of sp³-hybridized carbons (Fsp3) is 0.600. The molecule has 94 valence electrons. The zero-order valence-electron chi connectivity index (χ0n) is 11.0. The third-order valence-corrected chi connectivity index (χ3v) is 4.74. The van der Waals surface area contributed by atoms with E-state index in [1.165, 1.54) is 22.1 Å². The average molecular weight is 343 g/mol. The normalized spacial score (nSPS) is 30.5. The maximum absolute atomic E-state index is 2.64. The number of piperidine rings is 1. The van der Waals surface area contributed by atoms with Gasteiger partial charge in [0.2, 0.25) is 0 Å². The minimum Gasteiger partial charge on any atom is -0.296 e. The van der Waals surface area contributed by atoms with Gasteiger partial charge in [-0.25, -0.2) is 0 Å². The van der Waals surface area contributed by atoms with Gasteiger partial charge in [-0.05, 0) is 65.5 Å². The number of nitrogens with zero attached hydrogens (tertiary/aromatic N) is 1. The second kappa shape index (κ2) is 5.70. The SMILES string of the molecule is CC1CC(C)C(C)N(Cc2ccc(I)cc2)C1. The zero-order valence-corrected chi connectivity index (χ0v) is 13.1. The van der Waals surface area contributed by atoms with Crippen LogP contribution in [0.4, 0.5) is 0 Å². The first-order chi connectivity index (χ1) is 8.06. The molecule has 1 aromatic rings. The van der Waals surface area contributed by atoms with Gasteiger partial charge in [-0.2, -0.15) is 0 Å². The van der Waals surface area contributed by atoms with E-state index in [2.05, 4.69) is 72.5 Å². The molecule has 1 heterocycles. The van der Waals surface area contributed by atoms with Crippen LogP contribution in [-0.2, 0) is 6.54 Å². The average Bonchev–Trinajstić information content (AvgIpc) is 2.28. The Kier molecular flexibility index (Phi) is 4.47. The number of halogens is 1. The largest absolute Gasteiger partial charge is 0.296 e. The number of benzene rings is 1. The lowest BCUT2D eigenvalue weighted by molar-refractivity contribution is 0.0729. The first-order valence-electron chi connectivity index (χ1n) is 6.54. The molecule has 0 amide bonds. The second-order valence-corrected chi connectivity index (χ2v) is 6.86. The van der Waals surface area contributed by atoms with Gasteiger partial charge in [0.25, 0.3) is 0 Å². The summed E-state index contributed by atoms with van der Waals surface area (Å²) in [5, 5.41) is 0. The van der Waals surface area contributed by atoms with Gasteiger partial charge < -0.3 is 0 Å². The molecular weight excluding hydrogens is 321 g/mol. The van der Waals surface area contributed by atoms with Crippen LogP contribution < -0.4 is 0 Å². The Morgan fingerprint density at radius 3 is 2.47 bits per heavy atom. The molecule has 1 fully saturated rings. The third-order valence-electron chi connectivity index (χ3n) is 4.02. The number of hydrogen-bond acceptors (Lipinski definition) is 1. The highest BCUT2D eigenvalue weighted by Gasteiger charge is 2.28. The summed E-state index contributed by atoms with van der Waals surface area (Å²) < 4.78 is 1.32. The smallest absolute Gasteiger partial charge is 0.0236 e. The molecule has 0 aromatic heterocycles. The zero-order chi connectivity index (χ0) is 12.4. The van der Waals surface area contributed by atoms with Gasteiger partial charge in [-0.1, -0.05) is 26.0 Å². The Balaban J connectivity index is 2.04. The van der Waals surface area contributed by atoms with Crippen LogP contribution in [0.5, 0.6) is 0 Å². The molecule has 1 aliphatic heterocycles. The third kappa shape index (κ3) is 3.44. The predicted molar refractivity (Wildman–Crippen MR) is 82.0 cm³/mol. The summed E-state index contributed by atoms with van der Waals surface area (Å²) in [4.78, 5) is 2.64. The van der Waals surface area contributed by atoms with E-state index in [-0.39, 0.29) is 0 Å². The van der Waals surface area contributed by atoms with Gasteiger partial charge in [0.1, 0.15) is 0 Å². The van der Waals surface area contributed by atoms with Crippen LogP contribution in [0, 0.1) is 15.4 Å². The molecule has 0 aliphatic carbocycles. The fourth-order valence-electron chi connectivity index (χ4n) is 2.87. The summed E-state index contributed by atoms with van der Waals surface area (Å²) in [6.45, 7) is 9.50. The van der Waals surface area contributed by atoms with Crippen LogP contribution in [0.2, 0.25) is 0 Å². The van der Waals surface area contributed by atoms with Crippen molar-refractivity contribution >= 4 is 22.6 Å². The van der Waals surface area contributed by atoms with Crippen molar-refractivity contribution in [3.63, 3.8) is 0 Å². The molecule has 0 spiro atoms. The summed E-state index contributed by atoms with van der Waals surface area (Å²) in [6, 6.07) is 9.65. The molecule has 0 saturated carbocycles. The van der Waals surface area contributed by atoms with E-state index in [1.54, 1.807) is 0 Å². The first kappa shape index (κ1) is 13.3. The van der Waals surface area contributed by atoms with Crippen LogP contribution in [0.1, 0.15) is 32.8 Å². The molecule has 1 aromatic carbocycles. The summed E-state index contributed by atoms with van der Waals surface area (Å²) in [5.74, 6) is 1.66. The quantitative estimate of drug-likeness (QED) is 0.729. The highest BCUT2D eigenvalue weighted by molar-refractivity contribution is 14.1. The van der Waals surface area contributed by atoms with Crippen molar-refractivity contribution in [3.05, 3.63) is 33.4 Å². The van der Waals surface area contributed by atoms with Crippen LogP contribution in [-0.4, -0.2) is 17.5 Å². The van der Waals surface area contributed by atoms with Gasteiger partial charge in [0.15, 0.2) is 0 Å². The topological polar surface area (TPSA) is 3.24 Å². The van der Waals surface area contributed by atoms with Crippen molar-refractivity contribution in [2.75, 3.05) is 6.54 Å². The summed E-state index contributed by atoms with van der Waals surface area (Å²) in [7, 11) is 0. The van der Waals surface area contributed by atoms with Gasteiger partial charge in [0, 0.05) is 22.7 Å². The Morgan fingerprint density at radius 1 is 1.18 bits per heavy atom. The van der Waals surface area contributed by atoms with E-state index < -0.39 is 0 Å². The molecule has 0 bridgehead atoms. The van der Waals surface area contributed by atoms with E-state index >= 15 is 0 Å². The Bertz CT molecular complexity index is 360. The minimum absolute atomic E-state index is 0.713. The standard InChI is InChI=1S/C15H22IN/c1-11-8-12(2)13(3)17(9-11)10-14-4-6-15(16)7-5-14/h4-7,11-13H,8-10H2,1-3H3. The molecule has 2 rings (SSSR count). The second-order valence-electron chi connectivity index (χ2n) is 5.61. The maximum atomic E-state index is 2.64. The molecule has 17 heavy (non-hydrogen) atoms. The van der Waals surface area contributed by atoms with E-state index in [4.69, 9.17) is 0 Å². The summed E-state index contributed by atoms with van der Waals surface area (Å²) in [6.07, 6.45) is 1.38. The predicted octanol–water partition coefficient (Wildman–Crippen LogP) is 4.16. The van der Waals surface area contributed by atoms with Crippen molar-refractivity contribution in [1.29, 1.82) is 0 Å². The van der Waals surface area contributed by atoms with Gasteiger partial charge >= 0.3 is 0 Å². The Labute approximate surface area is 119 Å². The molecule has 1 aliphatic rings. The van der Waals surface area contributed by atoms with Crippen molar-refractivity contribution in [3.8, 4) is 0 Å². The lowest BCUT2D eigenvalue weighted by Crippen LogP contribution is -2.45. The molecule has 0 radical (unpaired) electrons. The molecule has 3 atom stereocenters. The van der Waals surface area contributed by atoms with Crippen molar-refractivity contribution in [2.45, 2.75) is 39.8 Å². The fourth-order valence-corrected chi connectivity index (χ4v) is 3.23. The first-order valence-corrected chi connectivity index (χ1v) is 7.62. The summed E-state index contributed by atoms with van der Waals surface area (Å²) in [5.41, 5.74) is 1.44. The summed E-state index contributed by atoms with van der Waals surface area (Å²) >= 11 is 2.36. The maximum Gasteiger partial charge on any atom is 0.0236 e. The van der Waals surface area contributed by atoms with Crippen molar-refractivity contribution < 1.29 is 0 Å². The van der Waals surface area contributed by atoms with Gasteiger partial charge in [-0.3, -0.25) is 4.90 Å². The minimum atomic E-state index is 0.713. The van der Waals surface area contributed by atoms with Crippen molar-refractivity contribution in [1.82, 2.24) is 4.90 Å². The number of rotatable bonds is 2. The monoisotopic (exact) mass is 343 g/mol. The lowest BCUT2D eigenvalue weighted by atomic mass is 9.86. The molecule has 1 saturated heterocycles. The van der Waals surface area contributed by atoms with Crippen LogP contribution >= 0.6 is 22.6 Å². The van der Waals surface area contributed by atoms with E-state index in [1.807, 2.05) is 0 Å². The highest BCUT2D eigenvalue weighted by Crippen LogP contribution is 2.28. The van der Waals surface area contributed by atoms with Crippen LogP contribution in [0.25, 0.3) is 0 Å². The van der Waals surface area contributed by atoms with E-state index in [0.29, 0.717) is 6.04 Å². The Morgan fingerprint density at radius 2 is 1.82 bits per heavy atom. The molecular formula is C15H22IN. The number of hydrogen-bond donors (Lipinski definition) is 0. The molecule has 3 unspecified atom stereocenters. The van der Waals surface area contributed by atoms with Crippen LogP contribution in [0.15, 0.2) is 24.3 Å². The van der Waals surface area contributed by atoms with E-state index in [9.17, 15) is 0 Å². The highest BCUT2D eigenvalue weighted by atomic mass is 127. The molecule has 0 N–H and O–H groups in total. The van der Waals surface area contributed by atoms with Gasteiger partial charge in [-0.15, -0.1) is 0 Å². The van der Waals surface area contributed by atoms with E-state index in [0.717, 1.165) is 18.4 Å². The van der Waals surface area contributed by atoms with Crippen LogP contribution in [0.3, 0.4) is 0 Å². The Hall–Kier alpha value is -0.0900. The molecule has 2 heteroatoms. The lowest BCUT2D eigenvalue weighted by Gasteiger charge is -2.41. The molecule has 1 nitrogen and oxygen atoms in total. The van der Waals surface area contributed by atoms with Crippen molar-refractivity contribution in [2.24, 2.45) is 11.8 Å².